The summed E-state index contributed by atoms with van der Waals surface area (Å²) in [6.07, 6.45) is 0.396. The monoisotopic (exact) mass is 498 g/mol. The molecule has 4 rings (SSSR count). The number of esters is 1. The maximum absolute atomic E-state index is 13.6. The zero-order valence-electron chi connectivity index (χ0n) is 19.8. The number of phenols is 1. The van der Waals surface area contributed by atoms with Crippen molar-refractivity contribution < 1.29 is 29.1 Å². The number of rotatable bonds is 6. The Hall–Kier alpha value is -3.66. The molecule has 0 bridgehead atoms. The Morgan fingerprint density at radius 1 is 1.31 bits per heavy atom. The number of carbonyl (C=O) groups is 2. The minimum atomic E-state index is -0.914. The molecular formula is C25H26N2O7S. The predicted octanol–water partition coefficient (Wildman–Crippen LogP) is 4.68. The highest BCUT2D eigenvalue weighted by molar-refractivity contribution is 7.10. The van der Waals surface area contributed by atoms with E-state index >= 15 is 0 Å². The van der Waals surface area contributed by atoms with Gasteiger partial charge in [-0.25, -0.2) is 4.79 Å². The van der Waals surface area contributed by atoms with E-state index in [1.807, 2.05) is 17.5 Å². The summed E-state index contributed by atoms with van der Waals surface area (Å²) < 4.78 is 10.7. The lowest BCUT2D eigenvalue weighted by atomic mass is 9.72. The van der Waals surface area contributed by atoms with E-state index in [2.05, 4.69) is 5.32 Å². The van der Waals surface area contributed by atoms with Crippen molar-refractivity contribution >= 4 is 28.8 Å². The summed E-state index contributed by atoms with van der Waals surface area (Å²) in [5.41, 5.74) is 1.47. The van der Waals surface area contributed by atoms with Crippen LogP contribution in [0.1, 0.15) is 55.9 Å². The number of ether oxygens (including phenoxy) is 2. The number of allylic oxidation sites excluding steroid dienone is 3. The van der Waals surface area contributed by atoms with Gasteiger partial charge in [-0.3, -0.25) is 14.9 Å². The van der Waals surface area contributed by atoms with Gasteiger partial charge in [0.25, 0.3) is 0 Å². The molecule has 2 N–H and O–H groups in total. The third-order valence-electron chi connectivity index (χ3n) is 6.16. The number of nitro groups is 1. The summed E-state index contributed by atoms with van der Waals surface area (Å²) in [6, 6.07) is 6.56. The van der Waals surface area contributed by atoms with Gasteiger partial charge in [-0.15, -0.1) is 11.3 Å². The van der Waals surface area contributed by atoms with Crippen LogP contribution in [0, 0.1) is 10.1 Å². The molecule has 2 atom stereocenters. The molecule has 10 heteroatoms. The first kappa shape index (κ1) is 24.5. The van der Waals surface area contributed by atoms with Gasteiger partial charge in [-0.1, -0.05) is 6.07 Å². The molecule has 0 spiro atoms. The maximum Gasteiger partial charge on any atom is 0.337 e. The standard InChI is InChI=1S/C25H26N2O7S/c1-12(2)34-25(30)21-13(3)26-16-8-14(20-6-5-7-35-20)10-18(28)23(16)22(21)15-9-17(27(31)32)24(29)19(11-15)33-4/h5-7,9,11-12,14,22,26,29H,8,10H2,1-4H3. The molecule has 0 amide bonds. The van der Waals surface area contributed by atoms with Gasteiger partial charge in [0, 0.05) is 46.2 Å². The largest absolute Gasteiger partial charge is 0.500 e. The number of phenolic OH excluding ortho intramolecular Hbond substituents is 1. The second kappa shape index (κ2) is 9.53. The molecule has 9 nitrogen and oxygen atoms in total. The third-order valence-corrected chi connectivity index (χ3v) is 7.20. The molecule has 0 fully saturated rings. The molecule has 0 saturated heterocycles. The highest BCUT2D eigenvalue weighted by Gasteiger charge is 2.42. The fourth-order valence-electron chi connectivity index (χ4n) is 4.72. The first-order chi connectivity index (χ1) is 16.6. The fourth-order valence-corrected chi connectivity index (χ4v) is 5.55. The van der Waals surface area contributed by atoms with Crippen molar-refractivity contribution in [3.8, 4) is 11.5 Å². The van der Waals surface area contributed by atoms with Crippen LogP contribution in [0.15, 0.2) is 52.2 Å². The van der Waals surface area contributed by atoms with Gasteiger partial charge in [-0.2, -0.15) is 0 Å². The number of aromatic hydroxyl groups is 1. The number of hydrogen-bond acceptors (Lipinski definition) is 9. The Labute approximate surface area is 206 Å². The molecule has 2 unspecified atom stereocenters. The number of methoxy groups -OCH3 is 1. The van der Waals surface area contributed by atoms with Gasteiger partial charge < -0.3 is 19.9 Å². The fraction of sp³-hybridized carbons (Fsp3) is 0.360. The minimum Gasteiger partial charge on any atom is -0.500 e. The Kier molecular flexibility index (Phi) is 6.66. The topological polar surface area (TPSA) is 128 Å². The molecule has 2 heterocycles. The molecule has 1 aliphatic heterocycles. The lowest BCUT2D eigenvalue weighted by molar-refractivity contribution is -0.386. The third kappa shape index (κ3) is 4.53. The number of dihydropyridines is 1. The van der Waals surface area contributed by atoms with Crippen molar-refractivity contribution in [2.75, 3.05) is 7.11 Å². The van der Waals surface area contributed by atoms with Crippen LogP contribution in [-0.4, -0.2) is 35.0 Å². The number of nitrogens with zero attached hydrogens (tertiary/aromatic N) is 1. The Balaban J connectivity index is 1.91. The minimum absolute atomic E-state index is 0.00458. The normalized spacial score (nSPS) is 20.0. The van der Waals surface area contributed by atoms with Gasteiger partial charge in [-0.05, 0) is 50.3 Å². The quantitative estimate of drug-likeness (QED) is 0.334. The number of nitrogens with one attached hydrogen (secondary N) is 1. The van der Waals surface area contributed by atoms with Crippen molar-refractivity contribution in [3.05, 3.63) is 72.7 Å². The van der Waals surface area contributed by atoms with Gasteiger partial charge in [0.1, 0.15) is 0 Å². The van der Waals surface area contributed by atoms with Gasteiger partial charge in [0.15, 0.2) is 11.5 Å². The first-order valence-corrected chi connectivity index (χ1v) is 12.0. The molecule has 0 radical (unpaired) electrons. The smallest absolute Gasteiger partial charge is 0.337 e. The van der Waals surface area contributed by atoms with E-state index in [1.165, 1.54) is 19.2 Å². The van der Waals surface area contributed by atoms with Crippen molar-refractivity contribution in [3.63, 3.8) is 0 Å². The highest BCUT2D eigenvalue weighted by atomic mass is 32.1. The average molecular weight is 499 g/mol. The predicted molar refractivity (Wildman–Crippen MR) is 129 cm³/mol. The second-order valence-corrected chi connectivity index (χ2v) is 9.81. The lowest BCUT2D eigenvalue weighted by Crippen LogP contribution is -2.36. The molecule has 0 saturated carbocycles. The zero-order chi connectivity index (χ0) is 25.4. The van der Waals surface area contributed by atoms with Crippen LogP contribution in [0.2, 0.25) is 0 Å². The van der Waals surface area contributed by atoms with Crippen LogP contribution in [0.5, 0.6) is 11.5 Å². The number of thiophene rings is 1. The van der Waals surface area contributed by atoms with Crippen LogP contribution in [0.4, 0.5) is 5.69 Å². The van der Waals surface area contributed by atoms with E-state index in [4.69, 9.17) is 9.47 Å². The van der Waals surface area contributed by atoms with Crippen molar-refractivity contribution in [1.82, 2.24) is 5.32 Å². The maximum atomic E-state index is 13.6. The second-order valence-electron chi connectivity index (χ2n) is 8.83. The van der Waals surface area contributed by atoms with E-state index in [0.29, 0.717) is 29.0 Å². The molecular weight excluding hydrogens is 472 g/mol. The first-order valence-electron chi connectivity index (χ1n) is 11.2. The molecule has 1 aromatic heterocycles. The van der Waals surface area contributed by atoms with Crippen LogP contribution >= 0.6 is 11.3 Å². The Morgan fingerprint density at radius 3 is 2.66 bits per heavy atom. The van der Waals surface area contributed by atoms with Crippen molar-refractivity contribution in [1.29, 1.82) is 0 Å². The number of benzene rings is 1. The lowest BCUT2D eigenvalue weighted by Gasteiger charge is -2.36. The van der Waals surface area contributed by atoms with E-state index in [-0.39, 0.29) is 29.4 Å². The Bertz CT molecular complexity index is 1260. The van der Waals surface area contributed by atoms with Gasteiger partial charge >= 0.3 is 11.7 Å². The zero-order valence-corrected chi connectivity index (χ0v) is 20.6. The van der Waals surface area contributed by atoms with Gasteiger partial charge in [0.05, 0.1) is 23.7 Å². The summed E-state index contributed by atoms with van der Waals surface area (Å²) in [5, 5.41) is 27.2. The molecule has 1 aromatic carbocycles. The molecule has 2 aromatic rings. The summed E-state index contributed by atoms with van der Waals surface area (Å²) in [5.74, 6) is -2.44. The molecule has 1 aliphatic carbocycles. The van der Waals surface area contributed by atoms with E-state index < -0.39 is 34.4 Å². The molecule has 35 heavy (non-hydrogen) atoms. The molecule has 2 aliphatic rings. The van der Waals surface area contributed by atoms with Crippen LogP contribution < -0.4 is 10.1 Å². The number of hydrogen-bond donors (Lipinski definition) is 2. The van der Waals surface area contributed by atoms with Crippen LogP contribution in [-0.2, 0) is 14.3 Å². The van der Waals surface area contributed by atoms with Crippen molar-refractivity contribution in [2.45, 2.75) is 51.6 Å². The Morgan fingerprint density at radius 2 is 2.06 bits per heavy atom. The summed E-state index contributed by atoms with van der Waals surface area (Å²) in [6.45, 7) is 5.16. The number of nitro benzene ring substituents is 1. The van der Waals surface area contributed by atoms with Gasteiger partial charge in [0.2, 0.25) is 5.75 Å². The number of Topliss-reactive ketones (excluding diaryl/α,β-unsaturated/α-hetero) is 1. The van der Waals surface area contributed by atoms with E-state index in [0.717, 1.165) is 4.88 Å². The van der Waals surface area contributed by atoms with Crippen LogP contribution in [0.25, 0.3) is 0 Å². The SMILES string of the molecule is COc1cc(C2C(C(=O)OC(C)C)=C(C)NC3=C2C(=O)CC(c2cccs2)C3)cc([N+](=O)[O-])c1O. The summed E-state index contributed by atoms with van der Waals surface area (Å²) in [4.78, 5) is 38.8. The van der Waals surface area contributed by atoms with Crippen LogP contribution in [0.3, 0.4) is 0 Å². The summed E-state index contributed by atoms with van der Waals surface area (Å²) in [7, 11) is 1.28. The molecule has 184 valence electrons. The van der Waals surface area contributed by atoms with Crippen molar-refractivity contribution in [2.24, 2.45) is 0 Å². The summed E-state index contributed by atoms with van der Waals surface area (Å²) >= 11 is 1.58. The average Bonchev–Trinajstić information content (AvgIpc) is 3.32. The number of ketones is 1. The number of carbonyl (C=O) groups excluding carboxylic acids is 2. The highest BCUT2D eigenvalue weighted by Crippen LogP contribution is 2.49. The van der Waals surface area contributed by atoms with E-state index in [1.54, 1.807) is 32.1 Å². The van der Waals surface area contributed by atoms with E-state index in [9.17, 15) is 24.8 Å².